The van der Waals surface area contributed by atoms with Gasteiger partial charge in [-0.2, -0.15) is 7.11 Å². The second kappa shape index (κ2) is 21.6. The summed E-state index contributed by atoms with van der Waals surface area (Å²) in [4.78, 5) is 39.6. The molecule has 16 nitrogen and oxygen atoms in total. The summed E-state index contributed by atoms with van der Waals surface area (Å²) in [5.41, 5.74) is -5.37. The van der Waals surface area contributed by atoms with Crippen molar-refractivity contribution in [2.24, 2.45) is 56.2 Å². The maximum atomic E-state index is 13.7. The zero-order valence-corrected chi connectivity index (χ0v) is 50.4. The summed E-state index contributed by atoms with van der Waals surface area (Å²) in [6, 6.07) is 17.3. The van der Waals surface area contributed by atoms with Gasteiger partial charge in [0.15, 0.2) is 6.10 Å². The number of fused-ring (bicyclic) bond motifs is 10. The molecule has 4 bridgehead atoms. The second-order valence-electron chi connectivity index (χ2n) is 26.1. The van der Waals surface area contributed by atoms with Gasteiger partial charge in [-0.3, -0.25) is 4.79 Å². The van der Waals surface area contributed by atoms with Crippen LogP contribution in [-0.2, 0) is 28.5 Å². The Balaban J connectivity index is 0.000000217. The van der Waals surface area contributed by atoms with Crippen molar-refractivity contribution >= 4 is 17.9 Å². The minimum absolute atomic E-state index is 0. The van der Waals surface area contributed by atoms with Gasteiger partial charge in [0.05, 0.1) is 54.9 Å². The van der Waals surface area contributed by atoms with Gasteiger partial charge in [0, 0.05) is 64.1 Å². The number of rotatable bonds is 5. The predicted molar refractivity (Wildman–Crippen MR) is 281 cm³/mol. The molecular weight excluding hydrogens is 1010 g/mol. The van der Waals surface area contributed by atoms with E-state index in [1.54, 1.807) is 62.4 Å². The molecule has 0 amide bonds. The largest absolute Gasteiger partial charge is 1.00 e. The van der Waals surface area contributed by atoms with E-state index in [-0.39, 0.29) is 66.4 Å². The third-order valence-electron chi connectivity index (χ3n) is 21.6. The summed E-state index contributed by atoms with van der Waals surface area (Å²) >= 11 is 0. The van der Waals surface area contributed by atoms with Gasteiger partial charge >= 0.3 is 47.5 Å². The molecule has 2 heterocycles. The molecule has 2 saturated heterocycles. The van der Waals surface area contributed by atoms with Crippen molar-refractivity contribution in [3.8, 4) is 0 Å². The van der Waals surface area contributed by atoms with Gasteiger partial charge in [-0.15, -0.1) is 0 Å². The molecule has 0 unspecified atom stereocenters. The summed E-state index contributed by atoms with van der Waals surface area (Å²) in [7, 11) is 0.750. The van der Waals surface area contributed by atoms with Crippen molar-refractivity contribution in [2.45, 2.75) is 188 Å². The monoisotopic (exact) mass is 1100 g/mol. The molecule has 8 aliphatic rings. The topological polar surface area (TPSA) is 262 Å². The van der Waals surface area contributed by atoms with Crippen LogP contribution >= 0.6 is 0 Å². The van der Waals surface area contributed by atoms with Crippen molar-refractivity contribution < 1.29 is 108 Å². The van der Waals surface area contributed by atoms with E-state index in [0.29, 0.717) is 48.3 Å². The molecule has 20 atom stereocenters. The van der Waals surface area contributed by atoms with Crippen LogP contribution in [0.2, 0.25) is 0 Å². The Morgan fingerprint density at radius 1 is 0.577 bits per heavy atom. The van der Waals surface area contributed by atoms with Crippen LogP contribution in [0.1, 0.15) is 136 Å². The van der Waals surface area contributed by atoms with Gasteiger partial charge in [0.25, 0.3) is 0 Å². The van der Waals surface area contributed by atoms with Crippen molar-refractivity contribution in [1.82, 2.24) is 0 Å². The first-order valence-electron chi connectivity index (χ1n) is 27.4. The molecule has 0 aromatic heterocycles. The molecule has 10 rings (SSSR count). The number of carbonyl (C=O) groups is 3. The van der Waals surface area contributed by atoms with Gasteiger partial charge in [-0.05, 0) is 73.9 Å². The number of aliphatic hydroxyl groups excluding tert-OH is 5. The Labute approximate surface area is 482 Å². The molecule has 78 heavy (non-hydrogen) atoms. The van der Waals surface area contributed by atoms with E-state index in [0.717, 1.165) is 18.3 Å². The van der Waals surface area contributed by atoms with E-state index >= 15 is 0 Å². The first-order valence-corrected chi connectivity index (χ1v) is 27.4. The van der Waals surface area contributed by atoms with Crippen LogP contribution in [0.25, 0.3) is 0 Å². The van der Waals surface area contributed by atoms with E-state index in [1.165, 1.54) is 6.92 Å². The van der Waals surface area contributed by atoms with Crippen LogP contribution < -0.4 is 34.7 Å². The molecule has 0 spiro atoms. The predicted octanol–water partition coefficient (Wildman–Crippen LogP) is 2.26. The smallest absolute Gasteiger partial charge is 0.857 e. The number of benzene rings is 2. The normalized spacial score (nSPS) is 44.3. The van der Waals surface area contributed by atoms with Crippen molar-refractivity contribution in [3.05, 3.63) is 94.1 Å². The van der Waals surface area contributed by atoms with Crippen LogP contribution in [0.15, 0.2) is 83.0 Å². The van der Waals surface area contributed by atoms with E-state index in [1.807, 2.05) is 81.4 Å². The quantitative estimate of drug-likeness (QED) is 0.0981. The standard InChI is InChI=1S/C31H42O8.C29H40O7.CH3O.Na/c1-16-14-31(36)26(39-27(35)19-11-9-8-10-12-19)24-29(6)15-37-21(29)13-20(33)30(24,7)25(34)23(38-18(3)32)22(17(16)2)28(31,4)5;1-15-13-29(34)24(36-25(33)17-10-8-7-9-11-17)22-27(5)14-35-19(27)12-18(30)28(22,6)23(32)21(31)20(16(15)2)26(29,3)4;1-2;/h8-12,16,20-21,23-26,33-34,36H,13-15H2,1-7H3;7-11,15,18-19,21-24,30-32,34H,12-14H2,1-6H3;1H3;/q;;-1;+1/t16-,20-,21+,23+,24+,25-,26-,29+,30+,31+;15-,18-,19+,21+,22+,23-,24-,27+,28+,29+;;/m00../s1. The molecule has 426 valence electrons. The third kappa shape index (κ3) is 8.98. The van der Waals surface area contributed by atoms with E-state index in [9.17, 15) is 50.1 Å². The average molecular weight is 1100 g/mol. The Morgan fingerprint density at radius 2 is 0.936 bits per heavy atom. The maximum Gasteiger partial charge on any atom is 1.00 e. The minimum Gasteiger partial charge on any atom is -0.857 e. The molecule has 2 aliphatic heterocycles. The number of ether oxygens (including phenoxy) is 5. The Bertz CT molecular complexity index is 2640. The van der Waals surface area contributed by atoms with Crippen molar-refractivity contribution in [3.63, 3.8) is 0 Å². The fraction of sp³-hybridized carbons (Fsp3) is 0.689. The zero-order valence-electron chi connectivity index (χ0n) is 48.4. The number of hydrogen-bond donors (Lipinski definition) is 7. The molecule has 2 aromatic rings. The Hall–Kier alpha value is -3.07. The fourth-order valence-electron chi connectivity index (χ4n) is 16.6. The SMILES string of the molecule is CC(=O)O[C@@H]1C2=C(C)[C@@H](C)C[C@@](O)([C@@H](OC(=O)c3ccccc3)[C@@H]3[C@]4(C)CO[C@@H]4C[C@H](O)[C@@]3(C)[C@H]1O)C2(C)C.CC1=C2[C@@H](O)[C@H](O)[C@@]3(C)[C@H]([C@H](OC(=O)c4ccccc4)[C@](O)(C[C@@H]1C)C2(C)C)[C@]1(C)CO[C@@H]1C[C@@H]3O.C[O-].[Na+]. The van der Waals surface area contributed by atoms with E-state index in [4.69, 9.17) is 28.8 Å². The van der Waals surface area contributed by atoms with Gasteiger partial charge in [0.2, 0.25) is 0 Å². The van der Waals surface area contributed by atoms with Crippen LogP contribution in [-0.4, -0.2) is 146 Å². The number of esters is 3. The Morgan fingerprint density at radius 3 is 1.29 bits per heavy atom. The first kappa shape index (κ1) is 62.5. The number of allylic oxidation sites excluding steroid dienone is 2. The van der Waals surface area contributed by atoms with Crippen LogP contribution in [0.5, 0.6) is 0 Å². The van der Waals surface area contributed by atoms with Gasteiger partial charge in [0.1, 0.15) is 35.6 Å². The molecular formula is C61H85NaO16. The van der Waals surface area contributed by atoms with E-state index < -0.39 is 122 Å². The molecule has 6 fully saturated rings. The molecule has 2 aromatic carbocycles. The van der Waals surface area contributed by atoms with E-state index in [2.05, 4.69) is 0 Å². The summed E-state index contributed by atoms with van der Waals surface area (Å²) in [6.07, 6.45) is -8.82. The van der Waals surface area contributed by atoms with Crippen LogP contribution in [0, 0.1) is 56.2 Å². The summed E-state index contributed by atoms with van der Waals surface area (Å²) in [5, 5.41) is 92.9. The minimum atomic E-state index is -1.61. The summed E-state index contributed by atoms with van der Waals surface area (Å²) in [5.74, 6) is -3.38. The molecule has 0 radical (unpaired) electrons. The van der Waals surface area contributed by atoms with Gasteiger partial charge in [-0.1, -0.05) is 117 Å². The summed E-state index contributed by atoms with van der Waals surface area (Å²) < 4.78 is 30.4. The fourth-order valence-corrected chi connectivity index (χ4v) is 16.6. The molecule has 6 aliphatic carbocycles. The maximum absolute atomic E-state index is 13.7. The van der Waals surface area contributed by atoms with Gasteiger partial charge < -0.3 is 64.5 Å². The van der Waals surface area contributed by atoms with Crippen LogP contribution in [0.4, 0.5) is 0 Å². The molecule has 4 saturated carbocycles. The van der Waals surface area contributed by atoms with Gasteiger partial charge in [-0.25, -0.2) is 9.59 Å². The third-order valence-corrected chi connectivity index (χ3v) is 21.6. The number of aliphatic hydroxyl groups is 7. The van der Waals surface area contributed by atoms with Crippen molar-refractivity contribution in [2.75, 3.05) is 20.3 Å². The number of hydrogen-bond acceptors (Lipinski definition) is 16. The second-order valence-corrected chi connectivity index (χ2v) is 26.1. The average Bonchev–Trinajstić information content (AvgIpc) is 3.48. The number of carbonyl (C=O) groups excluding carboxylic acids is 3. The zero-order chi connectivity index (χ0) is 57.1. The molecule has 7 N–H and O–H groups in total. The molecule has 17 heteroatoms. The van der Waals surface area contributed by atoms with Crippen molar-refractivity contribution in [1.29, 1.82) is 0 Å². The Kier molecular flexibility index (Phi) is 17.3. The van der Waals surface area contributed by atoms with Crippen LogP contribution in [0.3, 0.4) is 0 Å². The summed E-state index contributed by atoms with van der Waals surface area (Å²) in [6.45, 7) is 24.8. The first-order chi connectivity index (χ1) is 35.8.